The number of nitrogens with zero attached hydrogens (tertiary/aromatic N) is 1. The number of amides is 1. The minimum atomic E-state index is -3.57. The van der Waals surface area contributed by atoms with Crippen molar-refractivity contribution in [2.45, 2.75) is 17.7 Å². The molecule has 1 N–H and O–H groups in total. The number of nitrogens with one attached hydrogen (secondary N) is 1. The number of carbonyl (C=O) groups is 3. The Labute approximate surface area is 195 Å². The number of Topliss-reactive ketones (excluding diaryl/α,β-unsaturated/α-hetero) is 1. The van der Waals surface area contributed by atoms with E-state index in [2.05, 4.69) is 5.32 Å². The molecule has 1 heterocycles. The Balaban J connectivity index is 1.49. The first-order valence-corrected chi connectivity index (χ1v) is 11.9. The molecular formula is C21H20Cl2N2O6S. The molecule has 1 amide bonds. The van der Waals surface area contributed by atoms with Gasteiger partial charge in [-0.25, -0.2) is 8.42 Å². The van der Waals surface area contributed by atoms with E-state index < -0.39 is 40.8 Å². The van der Waals surface area contributed by atoms with Crippen LogP contribution in [0.4, 0.5) is 0 Å². The third kappa shape index (κ3) is 5.86. The summed E-state index contributed by atoms with van der Waals surface area (Å²) in [7, 11) is -3.57. The summed E-state index contributed by atoms with van der Waals surface area (Å²) < 4.78 is 31.3. The lowest BCUT2D eigenvalue weighted by molar-refractivity contribution is -0.141. The van der Waals surface area contributed by atoms with Gasteiger partial charge in [-0.2, -0.15) is 4.31 Å². The van der Waals surface area contributed by atoms with Crippen LogP contribution in [0.3, 0.4) is 0 Å². The molecule has 8 nitrogen and oxygen atoms in total. The van der Waals surface area contributed by atoms with Gasteiger partial charge in [0.25, 0.3) is 5.91 Å². The van der Waals surface area contributed by atoms with E-state index >= 15 is 0 Å². The molecule has 1 aliphatic rings. The summed E-state index contributed by atoms with van der Waals surface area (Å²) in [6, 6.07) is 9.75. The molecule has 1 aliphatic heterocycles. The number of hydrogen-bond acceptors (Lipinski definition) is 6. The van der Waals surface area contributed by atoms with Gasteiger partial charge in [0, 0.05) is 24.2 Å². The molecular weight excluding hydrogens is 479 g/mol. The standard InChI is InChI=1S/C21H20Cl2N2O6S/c22-17-8-5-15(11-18(17)23)21(28)24-12-20(27)31-13-19(26)14-3-6-16(7-4-14)32(29,30)25-9-1-2-10-25/h3-8,11H,1-2,9-10,12-13H2,(H,24,28). The Hall–Kier alpha value is -2.46. The van der Waals surface area contributed by atoms with E-state index in [9.17, 15) is 22.8 Å². The van der Waals surface area contributed by atoms with Crippen LogP contribution in [0.2, 0.25) is 10.0 Å². The summed E-state index contributed by atoms with van der Waals surface area (Å²) >= 11 is 11.6. The van der Waals surface area contributed by atoms with Gasteiger partial charge in [0.1, 0.15) is 6.54 Å². The molecule has 2 aromatic carbocycles. The Morgan fingerprint density at radius 3 is 2.19 bits per heavy atom. The number of hydrogen-bond donors (Lipinski definition) is 1. The third-order valence-corrected chi connectivity index (χ3v) is 7.47. The van der Waals surface area contributed by atoms with E-state index in [0.29, 0.717) is 18.1 Å². The van der Waals surface area contributed by atoms with Gasteiger partial charge in [-0.1, -0.05) is 23.2 Å². The van der Waals surface area contributed by atoms with Crippen molar-refractivity contribution >= 4 is 50.9 Å². The zero-order valence-corrected chi connectivity index (χ0v) is 19.2. The van der Waals surface area contributed by atoms with Gasteiger partial charge >= 0.3 is 5.97 Å². The molecule has 32 heavy (non-hydrogen) atoms. The minimum Gasteiger partial charge on any atom is -0.456 e. The maximum atomic E-state index is 12.5. The molecule has 3 rings (SSSR count). The fourth-order valence-corrected chi connectivity index (χ4v) is 4.88. The maximum absolute atomic E-state index is 12.5. The van der Waals surface area contributed by atoms with Crippen molar-refractivity contribution in [3.63, 3.8) is 0 Å². The minimum absolute atomic E-state index is 0.109. The average molecular weight is 499 g/mol. The van der Waals surface area contributed by atoms with Crippen LogP contribution in [0.25, 0.3) is 0 Å². The number of sulfonamides is 1. The normalized spacial score (nSPS) is 14.2. The summed E-state index contributed by atoms with van der Waals surface area (Å²) in [5.41, 5.74) is 0.422. The van der Waals surface area contributed by atoms with Gasteiger partial charge in [-0.15, -0.1) is 0 Å². The number of carbonyl (C=O) groups excluding carboxylic acids is 3. The fourth-order valence-electron chi connectivity index (χ4n) is 3.06. The topological polar surface area (TPSA) is 110 Å². The molecule has 170 valence electrons. The highest BCUT2D eigenvalue weighted by atomic mass is 35.5. The van der Waals surface area contributed by atoms with Crippen molar-refractivity contribution in [3.8, 4) is 0 Å². The number of ether oxygens (including phenoxy) is 1. The van der Waals surface area contributed by atoms with Crippen LogP contribution in [-0.2, 0) is 19.6 Å². The van der Waals surface area contributed by atoms with Crippen LogP contribution in [0.15, 0.2) is 47.4 Å². The summed E-state index contributed by atoms with van der Waals surface area (Å²) in [5.74, 6) is -1.86. The lowest BCUT2D eigenvalue weighted by Gasteiger charge is -2.15. The number of ketones is 1. The van der Waals surface area contributed by atoms with Crippen LogP contribution in [0.1, 0.15) is 33.6 Å². The Kier molecular flexibility index (Phi) is 7.89. The number of esters is 1. The van der Waals surface area contributed by atoms with E-state index in [-0.39, 0.29) is 21.0 Å². The first kappa shape index (κ1) is 24.2. The molecule has 0 bridgehead atoms. The Bertz CT molecular complexity index is 1130. The lowest BCUT2D eigenvalue weighted by atomic mass is 10.1. The van der Waals surface area contributed by atoms with Gasteiger partial charge in [-0.3, -0.25) is 14.4 Å². The van der Waals surface area contributed by atoms with Gasteiger partial charge < -0.3 is 10.1 Å². The second-order valence-corrected chi connectivity index (χ2v) is 9.78. The number of halogens is 2. The van der Waals surface area contributed by atoms with Crippen LogP contribution in [-0.4, -0.2) is 56.6 Å². The van der Waals surface area contributed by atoms with Crippen molar-refractivity contribution in [1.82, 2.24) is 9.62 Å². The zero-order chi connectivity index (χ0) is 23.3. The highest BCUT2D eigenvalue weighted by Gasteiger charge is 2.27. The largest absolute Gasteiger partial charge is 0.456 e. The Morgan fingerprint density at radius 1 is 0.938 bits per heavy atom. The molecule has 0 aromatic heterocycles. The third-order valence-electron chi connectivity index (χ3n) is 4.82. The maximum Gasteiger partial charge on any atom is 0.325 e. The smallest absolute Gasteiger partial charge is 0.325 e. The molecule has 1 fully saturated rings. The summed E-state index contributed by atoms with van der Waals surface area (Å²) in [5, 5.41) is 2.86. The van der Waals surface area contributed by atoms with Gasteiger partial charge in [0.15, 0.2) is 12.4 Å². The Morgan fingerprint density at radius 2 is 1.56 bits per heavy atom. The molecule has 0 aliphatic carbocycles. The molecule has 11 heteroatoms. The number of benzene rings is 2. The van der Waals surface area contributed by atoms with Crippen LogP contribution >= 0.6 is 23.2 Å². The highest BCUT2D eigenvalue weighted by Crippen LogP contribution is 2.23. The van der Waals surface area contributed by atoms with Crippen molar-refractivity contribution < 1.29 is 27.5 Å². The van der Waals surface area contributed by atoms with E-state index in [0.717, 1.165) is 12.8 Å². The second-order valence-electron chi connectivity index (χ2n) is 7.03. The lowest BCUT2D eigenvalue weighted by Crippen LogP contribution is -2.31. The van der Waals surface area contributed by atoms with Gasteiger partial charge in [-0.05, 0) is 55.3 Å². The summed E-state index contributed by atoms with van der Waals surface area (Å²) in [6.45, 7) is -0.0137. The van der Waals surface area contributed by atoms with Crippen LogP contribution < -0.4 is 5.32 Å². The first-order valence-electron chi connectivity index (χ1n) is 9.71. The number of rotatable bonds is 8. The molecule has 2 aromatic rings. The molecule has 0 spiro atoms. The van der Waals surface area contributed by atoms with E-state index in [1.54, 1.807) is 0 Å². The van der Waals surface area contributed by atoms with E-state index in [4.69, 9.17) is 27.9 Å². The fraction of sp³-hybridized carbons (Fsp3) is 0.286. The first-order chi connectivity index (χ1) is 15.2. The van der Waals surface area contributed by atoms with E-state index in [1.807, 2.05) is 0 Å². The summed E-state index contributed by atoms with van der Waals surface area (Å²) in [6.07, 6.45) is 1.66. The molecule has 1 saturated heterocycles. The quantitative estimate of drug-likeness (QED) is 0.442. The molecule has 0 atom stereocenters. The van der Waals surface area contributed by atoms with Crippen molar-refractivity contribution in [2.24, 2.45) is 0 Å². The van der Waals surface area contributed by atoms with Crippen molar-refractivity contribution in [3.05, 3.63) is 63.6 Å². The second kappa shape index (κ2) is 10.4. The van der Waals surface area contributed by atoms with Gasteiger partial charge in [0.05, 0.1) is 14.9 Å². The van der Waals surface area contributed by atoms with Crippen LogP contribution in [0, 0.1) is 0 Å². The predicted molar refractivity (Wildman–Crippen MR) is 119 cm³/mol. The SMILES string of the molecule is O=C(CNC(=O)c1ccc(Cl)c(Cl)c1)OCC(=O)c1ccc(S(=O)(=O)N2CCCC2)cc1. The van der Waals surface area contributed by atoms with E-state index in [1.165, 1.54) is 46.8 Å². The summed E-state index contributed by atoms with van der Waals surface area (Å²) in [4.78, 5) is 36.2. The highest BCUT2D eigenvalue weighted by molar-refractivity contribution is 7.89. The zero-order valence-electron chi connectivity index (χ0n) is 16.8. The van der Waals surface area contributed by atoms with Crippen molar-refractivity contribution in [1.29, 1.82) is 0 Å². The van der Waals surface area contributed by atoms with Crippen LogP contribution in [0.5, 0.6) is 0 Å². The van der Waals surface area contributed by atoms with Gasteiger partial charge in [0.2, 0.25) is 10.0 Å². The molecule has 0 saturated carbocycles. The monoisotopic (exact) mass is 498 g/mol. The average Bonchev–Trinajstić information content (AvgIpc) is 3.33. The molecule has 0 unspecified atom stereocenters. The van der Waals surface area contributed by atoms with Crippen molar-refractivity contribution in [2.75, 3.05) is 26.2 Å². The molecule has 0 radical (unpaired) electrons. The predicted octanol–water partition coefficient (Wildman–Crippen LogP) is 2.93.